The number of hydrogen-bond acceptors (Lipinski definition) is 2. The van der Waals surface area contributed by atoms with E-state index in [4.69, 9.17) is 4.74 Å². The normalized spacial score (nSPS) is 13.0. The molecule has 0 bridgehead atoms. The highest BCUT2D eigenvalue weighted by Gasteiger charge is 2.22. The SMILES string of the molecule is COc1ccc(CN2CCc3cccc(-c4ccc(F)cc4)c32)cc1. The van der Waals surface area contributed by atoms with Gasteiger partial charge in [0, 0.05) is 24.3 Å². The van der Waals surface area contributed by atoms with Crippen LogP contribution in [0.5, 0.6) is 5.75 Å². The highest BCUT2D eigenvalue weighted by atomic mass is 19.1. The van der Waals surface area contributed by atoms with Crippen LogP contribution in [0, 0.1) is 5.82 Å². The zero-order chi connectivity index (χ0) is 17.2. The minimum Gasteiger partial charge on any atom is -0.497 e. The van der Waals surface area contributed by atoms with Crippen molar-refractivity contribution in [1.29, 1.82) is 0 Å². The summed E-state index contributed by atoms with van der Waals surface area (Å²) >= 11 is 0. The molecule has 0 fully saturated rings. The summed E-state index contributed by atoms with van der Waals surface area (Å²) in [6.07, 6.45) is 1.04. The van der Waals surface area contributed by atoms with E-state index in [1.807, 2.05) is 24.3 Å². The fraction of sp³-hybridized carbons (Fsp3) is 0.182. The molecule has 0 saturated heterocycles. The predicted molar refractivity (Wildman–Crippen MR) is 99.6 cm³/mol. The highest BCUT2D eigenvalue weighted by Crippen LogP contribution is 2.39. The first-order valence-corrected chi connectivity index (χ1v) is 8.50. The molecule has 4 rings (SSSR count). The summed E-state index contributed by atoms with van der Waals surface area (Å²) in [5.41, 5.74) is 6.10. The molecule has 0 N–H and O–H groups in total. The lowest BCUT2D eigenvalue weighted by Crippen LogP contribution is -2.20. The van der Waals surface area contributed by atoms with Crippen molar-refractivity contribution >= 4 is 5.69 Å². The number of ether oxygens (including phenoxy) is 1. The van der Waals surface area contributed by atoms with Gasteiger partial charge < -0.3 is 9.64 Å². The van der Waals surface area contributed by atoms with Gasteiger partial charge in [-0.2, -0.15) is 0 Å². The molecule has 1 aliphatic rings. The second kappa shape index (κ2) is 6.60. The molecule has 3 aromatic carbocycles. The Morgan fingerprint density at radius 1 is 0.960 bits per heavy atom. The van der Waals surface area contributed by atoms with E-state index in [-0.39, 0.29) is 5.82 Å². The highest BCUT2D eigenvalue weighted by molar-refractivity contribution is 5.82. The number of para-hydroxylation sites is 1. The largest absolute Gasteiger partial charge is 0.497 e. The molecular weight excluding hydrogens is 313 g/mol. The Kier molecular flexibility index (Phi) is 4.14. The third-order valence-corrected chi connectivity index (χ3v) is 4.77. The molecule has 25 heavy (non-hydrogen) atoms. The molecule has 0 atom stereocenters. The van der Waals surface area contributed by atoms with Crippen molar-refractivity contribution in [3.63, 3.8) is 0 Å². The van der Waals surface area contributed by atoms with E-state index in [1.165, 1.54) is 34.5 Å². The Morgan fingerprint density at radius 3 is 2.44 bits per heavy atom. The van der Waals surface area contributed by atoms with Crippen LogP contribution in [0.25, 0.3) is 11.1 Å². The molecule has 3 heteroatoms. The third-order valence-electron chi connectivity index (χ3n) is 4.77. The lowest BCUT2D eigenvalue weighted by Gasteiger charge is -2.23. The van der Waals surface area contributed by atoms with Crippen molar-refractivity contribution in [2.75, 3.05) is 18.6 Å². The minimum absolute atomic E-state index is 0.202. The Morgan fingerprint density at radius 2 is 1.72 bits per heavy atom. The average Bonchev–Trinajstić information content (AvgIpc) is 3.06. The Hall–Kier alpha value is -2.81. The van der Waals surface area contributed by atoms with E-state index in [0.717, 1.165) is 30.8 Å². The number of nitrogens with zero attached hydrogens (tertiary/aromatic N) is 1. The van der Waals surface area contributed by atoms with Crippen LogP contribution in [-0.2, 0) is 13.0 Å². The van der Waals surface area contributed by atoms with Gasteiger partial charge in [-0.1, -0.05) is 42.5 Å². The number of anilines is 1. The van der Waals surface area contributed by atoms with E-state index in [0.29, 0.717) is 0 Å². The summed E-state index contributed by atoms with van der Waals surface area (Å²) in [4.78, 5) is 2.41. The summed E-state index contributed by atoms with van der Waals surface area (Å²) in [5, 5.41) is 0. The summed E-state index contributed by atoms with van der Waals surface area (Å²) in [6, 6.07) is 21.4. The summed E-state index contributed by atoms with van der Waals surface area (Å²) in [5.74, 6) is 0.670. The van der Waals surface area contributed by atoms with E-state index in [1.54, 1.807) is 7.11 Å². The number of benzene rings is 3. The molecule has 3 aromatic rings. The molecule has 0 aromatic heterocycles. The fourth-order valence-corrected chi connectivity index (χ4v) is 3.51. The monoisotopic (exact) mass is 333 g/mol. The Labute approximate surface area is 147 Å². The van der Waals surface area contributed by atoms with Crippen LogP contribution in [0.15, 0.2) is 66.7 Å². The Bertz CT molecular complexity index is 872. The maximum Gasteiger partial charge on any atom is 0.123 e. The maximum atomic E-state index is 13.3. The van der Waals surface area contributed by atoms with Crippen LogP contribution in [0.3, 0.4) is 0 Å². The maximum absolute atomic E-state index is 13.3. The Balaban J connectivity index is 1.67. The van der Waals surface area contributed by atoms with Gasteiger partial charge in [-0.15, -0.1) is 0 Å². The van der Waals surface area contributed by atoms with Crippen LogP contribution in [0.2, 0.25) is 0 Å². The van der Waals surface area contributed by atoms with E-state index < -0.39 is 0 Å². The summed E-state index contributed by atoms with van der Waals surface area (Å²) < 4.78 is 18.5. The number of fused-ring (bicyclic) bond motifs is 1. The molecule has 0 amide bonds. The second-order valence-electron chi connectivity index (χ2n) is 6.34. The molecule has 0 unspecified atom stereocenters. The van der Waals surface area contributed by atoms with Gasteiger partial charge in [-0.25, -0.2) is 4.39 Å². The summed E-state index contributed by atoms with van der Waals surface area (Å²) in [7, 11) is 1.68. The quantitative estimate of drug-likeness (QED) is 0.661. The van der Waals surface area contributed by atoms with E-state index in [9.17, 15) is 4.39 Å². The molecular formula is C22H20FNO. The third kappa shape index (κ3) is 3.10. The first kappa shape index (κ1) is 15.7. The van der Waals surface area contributed by atoms with Crippen LogP contribution in [0.1, 0.15) is 11.1 Å². The molecule has 2 nitrogen and oxygen atoms in total. The zero-order valence-electron chi connectivity index (χ0n) is 14.2. The van der Waals surface area contributed by atoms with Crippen molar-refractivity contribution in [2.24, 2.45) is 0 Å². The lowest BCUT2D eigenvalue weighted by molar-refractivity contribution is 0.414. The lowest BCUT2D eigenvalue weighted by atomic mass is 10.00. The summed E-state index contributed by atoms with van der Waals surface area (Å²) in [6.45, 7) is 1.86. The van der Waals surface area contributed by atoms with Crippen LogP contribution in [-0.4, -0.2) is 13.7 Å². The van der Waals surface area contributed by atoms with Gasteiger partial charge in [-0.05, 0) is 47.4 Å². The first-order valence-electron chi connectivity index (χ1n) is 8.50. The van der Waals surface area contributed by atoms with E-state index in [2.05, 4.69) is 35.2 Å². The second-order valence-corrected chi connectivity index (χ2v) is 6.34. The molecule has 1 aliphatic heterocycles. The molecule has 126 valence electrons. The zero-order valence-corrected chi connectivity index (χ0v) is 14.2. The van der Waals surface area contributed by atoms with Gasteiger partial charge in [0.2, 0.25) is 0 Å². The molecule has 0 saturated carbocycles. The van der Waals surface area contributed by atoms with Gasteiger partial charge in [0.25, 0.3) is 0 Å². The van der Waals surface area contributed by atoms with Crippen molar-refractivity contribution in [1.82, 2.24) is 0 Å². The number of hydrogen-bond donors (Lipinski definition) is 0. The van der Waals surface area contributed by atoms with Crippen molar-refractivity contribution < 1.29 is 9.13 Å². The predicted octanol–water partition coefficient (Wildman–Crippen LogP) is 5.06. The van der Waals surface area contributed by atoms with Gasteiger partial charge >= 0.3 is 0 Å². The average molecular weight is 333 g/mol. The fourth-order valence-electron chi connectivity index (χ4n) is 3.51. The van der Waals surface area contributed by atoms with Gasteiger partial charge in [-0.3, -0.25) is 0 Å². The first-order chi connectivity index (χ1) is 12.2. The van der Waals surface area contributed by atoms with E-state index >= 15 is 0 Å². The van der Waals surface area contributed by atoms with Crippen LogP contribution >= 0.6 is 0 Å². The molecule has 0 radical (unpaired) electrons. The molecule has 0 spiro atoms. The minimum atomic E-state index is -0.202. The standard InChI is InChI=1S/C22H20FNO/c1-25-20-11-5-16(6-12-20)15-24-14-13-18-3-2-4-21(22(18)24)17-7-9-19(23)10-8-17/h2-12H,13-15H2,1H3. The van der Waals surface area contributed by atoms with Gasteiger partial charge in [0.15, 0.2) is 0 Å². The van der Waals surface area contributed by atoms with Crippen molar-refractivity contribution in [2.45, 2.75) is 13.0 Å². The number of rotatable bonds is 4. The molecule has 0 aliphatic carbocycles. The van der Waals surface area contributed by atoms with Gasteiger partial charge in [0.1, 0.15) is 11.6 Å². The van der Waals surface area contributed by atoms with Crippen molar-refractivity contribution in [3.05, 3.63) is 83.7 Å². The molecule has 1 heterocycles. The smallest absolute Gasteiger partial charge is 0.123 e. The van der Waals surface area contributed by atoms with Gasteiger partial charge in [0.05, 0.1) is 7.11 Å². The van der Waals surface area contributed by atoms with Crippen LogP contribution < -0.4 is 9.64 Å². The van der Waals surface area contributed by atoms with Crippen molar-refractivity contribution in [3.8, 4) is 16.9 Å². The number of methoxy groups -OCH3 is 1. The number of halogens is 1. The topological polar surface area (TPSA) is 12.5 Å². The van der Waals surface area contributed by atoms with Crippen LogP contribution in [0.4, 0.5) is 10.1 Å².